The molecule has 4 nitrogen and oxygen atoms in total. The topological polar surface area (TPSA) is 53.6 Å². The molecule has 108 valence electrons. The third kappa shape index (κ3) is 3.31. The van der Waals surface area contributed by atoms with Crippen LogP contribution in [0.15, 0.2) is 23.9 Å². The van der Waals surface area contributed by atoms with Gasteiger partial charge in [-0.1, -0.05) is 11.6 Å². The second kappa shape index (κ2) is 6.75. The molecule has 5 heteroatoms. The molecule has 0 amide bonds. The second-order valence-corrected chi connectivity index (χ2v) is 5.14. The van der Waals surface area contributed by atoms with E-state index in [0.29, 0.717) is 0 Å². The Kier molecular flexibility index (Phi) is 5.01. The highest BCUT2D eigenvalue weighted by atomic mass is 35.5. The molecular weight excluding hydrogens is 272 g/mol. The lowest BCUT2D eigenvalue weighted by Gasteiger charge is -2.13. The molecule has 0 saturated carbocycles. The van der Waals surface area contributed by atoms with Crippen molar-refractivity contribution in [1.82, 2.24) is 15.0 Å². The summed E-state index contributed by atoms with van der Waals surface area (Å²) in [5.74, 6) is 1.73. The van der Waals surface area contributed by atoms with Crippen molar-refractivity contribution < 1.29 is 0 Å². The summed E-state index contributed by atoms with van der Waals surface area (Å²) in [5.41, 5.74) is 3.57. The quantitative estimate of drug-likeness (QED) is 0.838. The lowest BCUT2D eigenvalue weighted by molar-refractivity contribution is 0.679. The first-order valence-electron chi connectivity index (χ1n) is 7.06. The number of H-pyrrole nitrogens is 1. The summed E-state index contributed by atoms with van der Waals surface area (Å²) in [4.78, 5) is 12.1. The van der Waals surface area contributed by atoms with Crippen LogP contribution in [0.25, 0.3) is 11.0 Å². The van der Waals surface area contributed by atoms with Crippen LogP contribution >= 0.6 is 12.4 Å². The van der Waals surface area contributed by atoms with Crippen LogP contribution < -0.4 is 5.32 Å². The third-order valence-corrected chi connectivity index (χ3v) is 3.64. The predicted octanol–water partition coefficient (Wildman–Crippen LogP) is 3.99. The Morgan fingerprint density at radius 2 is 2.20 bits per heavy atom. The molecule has 1 aliphatic carbocycles. The van der Waals surface area contributed by atoms with Gasteiger partial charge in [-0.15, -0.1) is 12.4 Å². The van der Waals surface area contributed by atoms with Gasteiger partial charge in [0.1, 0.15) is 11.3 Å². The van der Waals surface area contributed by atoms with Crippen LogP contribution in [0.2, 0.25) is 0 Å². The molecule has 0 aliphatic heterocycles. The van der Waals surface area contributed by atoms with E-state index in [2.05, 4.69) is 26.3 Å². The minimum Gasteiger partial charge on any atom is -0.368 e. The van der Waals surface area contributed by atoms with E-state index >= 15 is 0 Å². The van der Waals surface area contributed by atoms with Gasteiger partial charge >= 0.3 is 0 Å². The number of aromatic amines is 1. The summed E-state index contributed by atoms with van der Waals surface area (Å²) >= 11 is 0. The molecule has 2 heterocycles. The summed E-state index contributed by atoms with van der Waals surface area (Å²) in [6.45, 7) is 2.87. The lowest BCUT2D eigenvalue weighted by Crippen LogP contribution is -2.07. The van der Waals surface area contributed by atoms with Gasteiger partial charge in [-0.3, -0.25) is 0 Å². The average Bonchev–Trinajstić information content (AvgIpc) is 2.88. The largest absolute Gasteiger partial charge is 0.368 e. The highest BCUT2D eigenvalue weighted by Crippen LogP contribution is 2.21. The summed E-state index contributed by atoms with van der Waals surface area (Å²) in [6.07, 6.45) is 10.6. The second-order valence-electron chi connectivity index (χ2n) is 5.14. The molecule has 0 saturated heterocycles. The predicted molar refractivity (Wildman–Crippen MR) is 85.5 cm³/mol. The minimum atomic E-state index is 0. The number of hydrogen-bond acceptors (Lipinski definition) is 3. The first-order valence-corrected chi connectivity index (χ1v) is 7.06. The zero-order chi connectivity index (χ0) is 13.1. The summed E-state index contributed by atoms with van der Waals surface area (Å²) in [6, 6.07) is 1.98. The van der Waals surface area contributed by atoms with Crippen molar-refractivity contribution in [3.63, 3.8) is 0 Å². The van der Waals surface area contributed by atoms with Crippen LogP contribution in [-0.2, 0) is 0 Å². The van der Waals surface area contributed by atoms with Gasteiger partial charge in [0.15, 0.2) is 5.82 Å². The van der Waals surface area contributed by atoms with Crippen molar-refractivity contribution in [2.45, 2.75) is 39.0 Å². The maximum Gasteiger partial charge on any atom is 0.154 e. The molecule has 0 unspecified atom stereocenters. The van der Waals surface area contributed by atoms with E-state index in [-0.39, 0.29) is 12.4 Å². The van der Waals surface area contributed by atoms with E-state index in [0.717, 1.165) is 35.6 Å². The highest BCUT2D eigenvalue weighted by molar-refractivity contribution is 5.85. The van der Waals surface area contributed by atoms with Crippen LogP contribution in [0.1, 0.15) is 37.9 Å². The van der Waals surface area contributed by atoms with Gasteiger partial charge in [-0.2, -0.15) is 0 Å². The number of fused-ring (bicyclic) bond motifs is 1. The number of nitrogens with zero attached hydrogens (tertiary/aromatic N) is 2. The van der Waals surface area contributed by atoms with E-state index < -0.39 is 0 Å². The van der Waals surface area contributed by atoms with E-state index in [9.17, 15) is 0 Å². The molecule has 2 aromatic heterocycles. The van der Waals surface area contributed by atoms with E-state index in [1.807, 2.05) is 19.2 Å². The summed E-state index contributed by atoms with van der Waals surface area (Å²) in [5, 5.41) is 3.44. The van der Waals surface area contributed by atoms with Gasteiger partial charge in [0.05, 0.1) is 5.52 Å². The molecule has 0 radical (unpaired) electrons. The number of aromatic nitrogens is 3. The standard InChI is InChI=1S/C15H20N4.ClH/c1-11-18-13-8-10-16-14(13)15(19-11)17-9-7-12-5-3-2-4-6-12;/h5,8,10,16H,2-4,6-7,9H2,1H3,(H,17,18,19);1H. The molecule has 0 fully saturated rings. The maximum atomic E-state index is 4.48. The van der Waals surface area contributed by atoms with Crippen LogP contribution in [-0.4, -0.2) is 21.5 Å². The minimum absolute atomic E-state index is 0. The monoisotopic (exact) mass is 292 g/mol. The van der Waals surface area contributed by atoms with Crippen LogP contribution in [0.4, 0.5) is 5.82 Å². The number of rotatable bonds is 4. The zero-order valence-electron chi connectivity index (χ0n) is 11.8. The lowest BCUT2D eigenvalue weighted by atomic mass is 9.97. The van der Waals surface area contributed by atoms with Gasteiger partial charge in [0, 0.05) is 12.7 Å². The summed E-state index contributed by atoms with van der Waals surface area (Å²) in [7, 11) is 0. The van der Waals surface area contributed by atoms with Crippen molar-refractivity contribution in [3.05, 3.63) is 29.7 Å². The van der Waals surface area contributed by atoms with Crippen molar-refractivity contribution in [2.24, 2.45) is 0 Å². The Labute approximate surface area is 125 Å². The SMILES string of the molecule is Cc1nc(NCCC2=CCCCC2)c2[nH]ccc2n1.Cl. The molecule has 0 bridgehead atoms. The fourth-order valence-corrected chi connectivity index (χ4v) is 2.66. The Balaban J connectivity index is 0.00000147. The Morgan fingerprint density at radius 1 is 1.30 bits per heavy atom. The molecule has 0 spiro atoms. The van der Waals surface area contributed by atoms with Crippen molar-refractivity contribution in [2.75, 3.05) is 11.9 Å². The van der Waals surface area contributed by atoms with E-state index in [4.69, 9.17) is 0 Å². The Bertz CT molecular complexity index is 603. The first kappa shape index (κ1) is 14.9. The number of aryl methyl sites for hydroxylation is 1. The maximum absolute atomic E-state index is 4.48. The van der Waals surface area contributed by atoms with Crippen LogP contribution in [0.5, 0.6) is 0 Å². The molecule has 0 atom stereocenters. The van der Waals surface area contributed by atoms with Gasteiger partial charge in [0.2, 0.25) is 0 Å². The van der Waals surface area contributed by atoms with Gasteiger partial charge in [-0.05, 0) is 45.1 Å². The first-order chi connectivity index (χ1) is 9.33. The molecule has 2 N–H and O–H groups in total. The zero-order valence-corrected chi connectivity index (χ0v) is 12.6. The fourth-order valence-electron chi connectivity index (χ4n) is 2.66. The Morgan fingerprint density at radius 3 is 3.00 bits per heavy atom. The van der Waals surface area contributed by atoms with Crippen LogP contribution in [0.3, 0.4) is 0 Å². The molecule has 2 aromatic rings. The van der Waals surface area contributed by atoms with Crippen molar-refractivity contribution >= 4 is 29.3 Å². The van der Waals surface area contributed by atoms with Gasteiger partial charge in [-0.25, -0.2) is 9.97 Å². The number of anilines is 1. The van der Waals surface area contributed by atoms with E-state index in [1.54, 1.807) is 5.57 Å². The van der Waals surface area contributed by atoms with Crippen molar-refractivity contribution in [1.29, 1.82) is 0 Å². The van der Waals surface area contributed by atoms with E-state index in [1.165, 1.54) is 25.7 Å². The van der Waals surface area contributed by atoms with Crippen molar-refractivity contribution in [3.8, 4) is 0 Å². The normalized spacial score (nSPS) is 14.8. The fraction of sp³-hybridized carbons (Fsp3) is 0.467. The number of halogens is 1. The molecule has 20 heavy (non-hydrogen) atoms. The average molecular weight is 293 g/mol. The molecule has 3 rings (SSSR count). The number of allylic oxidation sites excluding steroid dienone is 1. The number of hydrogen-bond donors (Lipinski definition) is 2. The Hall–Kier alpha value is -1.55. The van der Waals surface area contributed by atoms with Crippen LogP contribution in [0, 0.1) is 6.92 Å². The smallest absolute Gasteiger partial charge is 0.154 e. The number of nitrogens with one attached hydrogen (secondary N) is 2. The van der Waals surface area contributed by atoms with Gasteiger partial charge < -0.3 is 10.3 Å². The highest BCUT2D eigenvalue weighted by Gasteiger charge is 2.07. The molecule has 0 aromatic carbocycles. The third-order valence-electron chi connectivity index (χ3n) is 3.64. The summed E-state index contributed by atoms with van der Waals surface area (Å²) < 4.78 is 0. The van der Waals surface area contributed by atoms with Gasteiger partial charge in [0.25, 0.3) is 0 Å². The molecule has 1 aliphatic rings. The molecular formula is C15H21ClN4.